The molecule has 110 valence electrons. The van der Waals surface area contributed by atoms with Crippen LogP contribution in [-0.4, -0.2) is 11.9 Å². The number of hydrogen-bond donors (Lipinski definition) is 0. The van der Waals surface area contributed by atoms with Crippen molar-refractivity contribution in [2.24, 2.45) is 4.99 Å². The van der Waals surface area contributed by atoms with Gasteiger partial charge in [0.25, 0.3) is 0 Å². The Labute approximate surface area is 135 Å². The Morgan fingerprint density at radius 3 is 2.50 bits per heavy atom. The van der Waals surface area contributed by atoms with Gasteiger partial charge in [0, 0.05) is 5.02 Å². The summed E-state index contributed by atoms with van der Waals surface area (Å²) in [6.07, 6.45) is 1.51. The number of ether oxygens (including phenoxy) is 1. The summed E-state index contributed by atoms with van der Waals surface area (Å²) in [4.78, 5) is 16.0. The van der Waals surface area contributed by atoms with Gasteiger partial charge in [-0.3, -0.25) is 0 Å². The average molecular weight is 336 g/mol. The van der Waals surface area contributed by atoms with Crippen molar-refractivity contribution >= 4 is 41.1 Å². The zero-order valence-corrected chi connectivity index (χ0v) is 12.5. The summed E-state index contributed by atoms with van der Waals surface area (Å²) in [5.41, 5.74) is 1.23. The van der Waals surface area contributed by atoms with Gasteiger partial charge < -0.3 is 4.74 Å². The summed E-state index contributed by atoms with van der Waals surface area (Å²) in [6.45, 7) is 0. The monoisotopic (exact) mass is 335 g/mol. The van der Waals surface area contributed by atoms with E-state index in [4.69, 9.17) is 27.9 Å². The molecule has 1 aliphatic rings. The maximum absolute atomic E-state index is 12.9. The molecule has 0 radical (unpaired) electrons. The summed E-state index contributed by atoms with van der Waals surface area (Å²) in [5.74, 6) is -0.835. The van der Waals surface area contributed by atoms with Crippen LogP contribution in [-0.2, 0) is 9.53 Å². The Morgan fingerprint density at radius 1 is 1.09 bits per heavy atom. The number of carbonyl (C=O) groups excluding carboxylic acids is 1. The molecule has 2 aromatic rings. The lowest BCUT2D eigenvalue weighted by molar-refractivity contribution is -0.129. The zero-order chi connectivity index (χ0) is 15.7. The Balaban J connectivity index is 1.96. The van der Waals surface area contributed by atoms with Gasteiger partial charge in [-0.15, -0.1) is 0 Å². The lowest BCUT2D eigenvalue weighted by Crippen LogP contribution is -2.05. The van der Waals surface area contributed by atoms with Crippen molar-refractivity contribution in [3.63, 3.8) is 0 Å². The van der Waals surface area contributed by atoms with Crippen LogP contribution in [0.15, 0.2) is 53.2 Å². The number of benzene rings is 2. The van der Waals surface area contributed by atoms with Gasteiger partial charge in [0.1, 0.15) is 5.82 Å². The predicted molar refractivity (Wildman–Crippen MR) is 83.5 cm³/mol. The molecule has 0 aliphatic carbocycles. The van der Waals surface area contributed by atoms with Crippen LogP contribution in [0.2, 0.25) is 10.0 Å². The molecule has 6 heteroatoms. The second-order valence-electron chi connectivity index (χ2n) is 4.51. The van der Waals surface area contributed by atoms with Crippen molar-refractivity contribution in [3.05, 3.63) is 75.2 Å². The molecule has 0 N–H and O–H groups in total. The van der Waals surface area contributed by atoms with Gasteiger partial charge in [0.2, 0.25) is 5.90 Å². The molecule has 1 heterocycles. The van der Waals surface area contributed by atoms with Crippen molar-refractivity contribution in [2.75, 3.05) is 0 Å². The molecule has 0 atom stereocenters. The van der Waals surface area contributed by atoms with E-state index in [-0.39, 0.29) is 17.4 Å². The van der Waals surface area contributed by atoms with E-state index >= 15 is 0 Å². The van der Waals surface area contributed by atoms with Gasteiger partial charge in [-0.1, -0.05) is 35.3 Å². The third kappa shape index (κ3) is 3.03. The molecule has 0 amide bonds. The molecule has 0 fully saturated rings. The van der Waals surface area contributed by atoms with Crippen molar-refractivity contribution < 1.29 is 13.9 Å². The van der Waals surface area contributed by atoms with Crippen LogP contribution in [0.4, 0.5) is 4.39 Å². The molecule has 0 aromatic heterocycles. The molecule has 1 aliphatic heterocycles. The van der Waals surface area contributed by atoms with Crippen molar-refractivity contribution in [3.8, 4) is 0 Å². The fourth-order valence-corrected chi connectivity index (χ4v) is 2.39. The highest BCUT2D eigenvalue weighted by Crippen LogP contribution is 2.26. The second-order valence-corrected chi connectivity index (χ2v) is 5.36. The smallest absolute Gasteiger partial charge is 0.363 e. The van der Waals surface area contributed by atoms with Crippen LogP contribution in [0.1, 0.15) is 11.1 Å². The van der Waals surface area contributed by atoms with Gasteiger partial charge in [0.15, 0.2) is 5.70 Å². The minimum Gasteiger partial charge on any atom is -0.402 e. The molecule has 0 bridgehead atoms. The number of cyclic esters (lactones) is 1. The second kappa shape index (κ2) is 5.91. The van der Waals surface area contributed by atoms with Gasteiger partial charge in [-0.2, -0.15) is 0 Å². The molecule has 3 rings (SSSR count). The quantitative estimate of drug-likeness (QED) is 0.599. The van der Waals surface area contributed by atoms with Crippen LogP contribution in [0.5, 0.6) is 0 Å². The third-order valence-corrected chi connectivity index (χ3v) is 3.50. The summed E-state index contributed by atoms with van der Waals surface area (Å²) in [7, 11) is 0. The maximum atomic E-state index is 12.9. The lowest BCUT2D eigenvalue weighted by Gasteiger charge is -2.02. The Hall–Kier alpha value is -2.17. The first-order chi connectivity index (χ1) is 10.5. The minimum absolute atomic E-state index is 0.111. The van der Waals surface area contributed by atoms with Gasteiger partial charge in [-0.25, -0.2) is 14.2 Å². The van der Waals surface area contributed by atoms with Crippen molar-refractivity contribution in [2.45, 2.75) is 0 Å². The first-order valence-electron chi connectivity index (χ1n) is 6.26. The van der Waals surface area contributed by atoms with Gasteiger partial charge in [-0.05, 0) is 42.0 Å². The molecular weight excluding hydrogens is 328 g/mol. The largest absolute Gasteiger partial charge is 0.402 e. The molecule has 0 unspecified atom stereocenters. The zero-order valence-electron chi connectivity index (χ0n) is 11.0. The first-order valence-corrected chi connectivity index (χ1v) is 7.02. The minimum atomic E-state index is -0.592. The number of nitrogens with zero attached hydrogens (tertiary/aromatic N) is 1. The fraction of sp³-hybridized carbons (Fsp3) is 0. The Kier molecular flexibility index (Phi) is 3.96. The van der Waals surface area contributed by atoms with E-state index in [2.05, 4.69) is 4.99 Å². The highest BCUT2D eigenvalue weighted by molar-refractivity contribution is 6.37. The van der Waals surface area contributed by atoms with Crippen molar-refractivity contribution in [1.82, 2.24) is 0 Å². The van der Waals surface area contributed by atoms with E-state index in [9.17, 15) is 9.18 Å². The number of rotatable bonds is 2. The van der Waals surface area contributed by atoms with Crippen LogP contribution < -0.4 is 0 Å². The maximum Gasteiger partial charge on any atom is 0.363 e. The molecule has 2 aromatic carbocycles. The molecule has 0 saturated heterocycles. The molecule has 22 heavy (non-hydrogen) atoms. The van der Waals surface area contributed by atoms with E-state index in [0.29, 0.717) is 21.2 Å². The Morgan fingerprint density at radius 2 is 1.82 bits per heavy atom. The van der Waals surface area contributed by atoms with E-state index in [1.807, 2.05) is 0 Å². The summed E-state index contributed by atoms with van der Waals surface area (Å²) in [6, 6.07) is 10.5. The number of carbonyl (C=O) groups is 1. The third-order valence-electron chi connectivity index (χ3n) is 2.96. The van der Waals surface area contributed by atoms with Gasteiger partial charge in [0.05, 0.1) is 10.6 Å². The summed E-state index contributed by atoms with van der Waals surface area (Å²) >= 11 is 11.9. The first kappa shape index (κ1) is 14.8. The topological polar surface area (TPSA) is 38.7 Å². The lowest BCUT2D eigenvalue weighted by atomic mass is 10.2. The van der Waals surface area contributed by atoms with Gasteiger partial charge >= 0.3 is 5.97 Å². The van der Waals surface area contributed by atoms with Crippen LogP contribution in [0, 0.1) is 5.82 Å². The van der Waals surface area contributed by atoms with E-state index in [1.54, 1.807) is 24.3 Å². The van der Waals surface area contributed by atoms with Crippen LogP contribution >= 0.6 is 23.2 Å². The number of halogens is 3. The van der Waals surface area contributed by atoms with E-state index in [1.165, 1.54) is 24.3 Å². The molecule has 3 nitrogen and oxygen atoms in total. The van der Waals surface area contributed by atoms with Crippen molar-refractivity contribution in [1.29, 1.82) is 0 Å². The fourth-order valence-electron chi connectivity index (χ4n) is 1.90. The average Bonchev–Trinajstić information content (AvgIpc) is 2.82. The standard InChI is InChI=1S/C16H8Cl2FNO2/c17-10-3-6-12(13(18)8-10)15-20-14(16(21)22-15)7-9-1-4-11(19)5-2-9/h1-8H. The Bertz CT molecular complexity index is 813. The highest BCUT2D eigenvalue weighted by Gasteiger charge is 2.25. The highest BCUT2D eigenvalue weighted by atomic mass is 35.5. The predicted octanol–water partition coefficient (Wildman–Crippen LogP) is 4.48. The van der Waals surface area contributed by atoms with E-state index in [0.717, 1.165) is 0 Å². The number of hydrogen-bond acceptors (Lipinski definition) is 3. The normalized spacial score (nSPS) is 15.9. The van der Waals surface area contributed by atoms with E-state index < -0.39 is 5.97 Å². The SMILES string of the molecule is O=C1OC(c2ccc(Cl)cc2Cl)=NC1=Cc1ccc(F)cc1. The van der Waals surface area contributed by atoms with Crippen LogP contribution in [0.3, 0.4) is 0 Å². The molecular formula is C16H8Cl2FNO2. The number of aliphatic imine (C=N–C) groups is 1. The molecule has 0 spiro atoms. The molecule has 0 saturated carbocycles. The van der Waals surface area contributed by atoms with Crippen LogP contribution in [0.25, 0.3) is 6.08 Å². The number of esters is 1. The summed E-state index contributed by atoms with van der Waals surface area (Å²) < 4.78 is 18.0. The summed E-state index contributed by atoms with van der Waals surface area (Å²) in [5, 5.41) is 0.808.